The smallest absolute Gasteiger partial charge is 0.321 e. The maximum absolute atomic E-state index is 13.1. The number of carbonyl (C=O) groups is 1. The molecule has 176 valence electrons. The number of anilines is 1. The molecule has 8 heteroatoms. The van der Waals surface area contributed by atoms with Crippen LogP contribution in [0.2, 0.25) is 5.02 Å². The second-order valence-electron chi connectivity index (χ2n) is 8.93. The molecule has 4 nitrogen and oxygen atoms in total. The molecule has 1 amide bonds. The van der Waals surface area contributed by atoms with E-state index in [-0.39, 0.29) is 29.2 Å². The normalized spacial score (nSPS) is 20.0. The summed E-state index contributed by atoms with van der Waals surface area (Å²) >= 11 is 5.66. The Bertz CT molecular complexity index is 1180. The fourth-order valence-electron chi connectivity index (χ4n) is 5.24. The SMILES string of the molecule is O=C(C[NH+]1CC[NH+](C2c3ccccc3-c3ccccc32)CC1)Nc1ccc(Cl)c(C(F)(F)F)c1. The van der Waals surface area contributed by atoms with Gasteiger partial charge >= 0.3 is 6.18 Å². The highest BCUT2D eigenvalue weighted by molar-refractivity contribution is 6.31. The molecular formula is C26H25ClF3N3O+2. The minimum atomic E-state index is -4.57. The van der Waals surface area contributed by atoms with E-state index >= 15 is 0 Å². The molecular weight excluding hydrogens is 463 g/mol. The van der Waals surface area contributed by atoms with Gasteiger partial charge in [0.2, 0.25) is 0 Å². The lowest BCUT2D eigenvalue weighted by Crippen LogP contribution is -3.28. The Hall–Kier alpha value is -2.87. The molecule has 1 aliphatic carbocycles. The molecule has 1 saturated heterocycles. The van der Waals surface area contributed by atoms with Crippen molar-refractivity contribution >= 4 is 23.2 Å². The standard InChI is InChI=1S/C26H23ClF3N3O/c27-23-10-9-17(15-22(23)26(28,29)30)31-24(34)16-32-11-13-33(14-12-32)25-20-7-3-1-5-18(20)19-6-2-4-8-21(19)25/h1-10,15,25H,11-14,16H2,(H,31,34)/p+2. The van der Waals surface area contributed by atoms with E-state index in [4.69, 9.17) is 11.6 Å². The molecule has 2 aliphatic rings. The molecule has 0 unspecified atom stereocenters. The van der Waals surface area contributed by atoms with Gasteiger partial charge in [-0.15, -0.1) is 0 Å². The molecule has 0 spiro atoms. The van der Waals surface area contributed by atoms with Crippen molar-refractivity contribution in [2.24, 2.45) is 0 Å². The van der Waals surface area contributed by atoms with E-state index in [1.807, 2.05) is 0 Å². The van der Waals surface area contributed by atoms with E-state index in [9.17, 15) is 18.0 Å². The summed E-state index contributed by atoms with van der Waals surface area (Å²) in [4.78, 5) is 15.1. The number of amides is 1. The Labute approximate surface area is 200 Å². The van der Waals surface area contributed by atoms with Crippen LogP contribution in [0.25, 0.3) is 11.1 Å². The Balaban J connectivity index is 1.22. The number of alkyl halides is 3. The first-order valence-electron chi connectivity index (χ1n) is 11.3. The number of carbonyl (C=O) groups excluding carboxylic acids is 1. The van der Waals surface area contributed by atoms with Gasteiger partial charge in [-0.2, -0.15) is 13.2 Å². The zero-order valence-electron chi connectivity index (χ0n) is 18.4. The maximum Gasteiger partial charge on any atom is 0.417 e. The molecule has 0 radical (unpaired) electrons. The van der Waals surface area contributed by atoms with Crippen LogP contribution in [0.4, 0.5) is 18.9 Å². The topological polar surface area (TPSA) is 38.0 Å². The number of hydrogen-bond acceptors (Lipinski definition) is 1. The molecule has 3 aromatic carbocycles. The van der Waals surface area contributed by atoms with Gasteiger partial charge in [-0.3, -0.25) is 4.79 Å². The fraction of sp³-hybridized carbons (Fsp3) is 0.269. The van der Waals surface area contributed by atoms with Crippen LogP contribution in [0.15, 0.2) is 66.7 Å². The Kier molecular flexibility index (Phi) is 6.10. The van der Waals surface area contributed by atoms with Crippen LogP contribution in [0.5, 0.6) is 0 Å². The predicted octanol–water partition coefficient (Wildman–Crippen LogP) is 2.85. The van der Waals surface area contributed by atoms with Gasteiger partial charge in [-0.1, -0.05) is 60.1 Å². The minimum Gasteiger partial charge on any atom is -0.321 e. The number of piperazine rings is 1. The van der Waals surface area contributed by atoms with Crippen LogP contribution in [-0.2, 0) is 11.0 Å². The lowest BCUT2D eigenvalue weighted by Gasteiger charge is -2.33. The van der Waals surface area contributed by atoms with Crippen LogP contribution in [-0.4, -0.2) is 38.6 Å². The fourth-order valence-corrected chi connectivity index (χ4v) is 5.46. The average molecular weight is 488 g/mol. The Morgan fingerprint density at radius 3 is 2.09 bits per heavy atom. The van der Waals surface area contributed by atoms with Crippen molar-refractivity contribution in [1.82, 2.24) is 0 Å². The third-order valence-corrected chi connectivity index (χ3v) is 7.14. The third kappa shape index (κ3) is 4.43. The minimum absolute atomic E-state index is 0.101. The van der Waals surface area contributed by atoms with Crippen molar-refractivity contribution in [3.8, 4) is 11.1 Å². The molecule has 1 fully saturated rings. The van der Waals surface area contributed by atoms with Crippen LogP contribution in [0.3, 0.4) is 0 Å². The van der Waals surface area contributed by atoms with Crippen molar-refractivity contribution in [2.45, 2.75) is 12.2 Å². The molecule has 3 aromatic rings. The summed E-state index contributed by atoms with van der Waals surface area (Å²) in [6.45, 7) is 3.68. The summed E-state index contributed by atoms with van der Waals surface area (Å²) in [5, 5.41) is 2.21. The summed E-state index contributed by atoms with van der Waals surface area (Å²) in [6.07, 6.45) is -4.57. The van der Waals surface area contributed by atoms with Crippen LogP contribution < -0.4 is 15.1 Å². The molecule has 0 bridgehead atoms. The zero-order chi connectivity index (χ0) is 23.9. The van der Waals surface area contributed by atoms with Gasteiger partial charge in [0.1, 0.15) is 32.2 Å². The van der Waals surface area contributed by atoms with Gasteiger partial charge in [0.05, 0.1) is 10.6 Å². The number of halogens is 4. The first-order valence-corrected chi connectivity index (χ1v) is 11.7. The molecule has 0 atom stereocenters. The molecule has 1 heterocycles. The van der Waals surface area contributed by atoms with Gasteiger partial charge in [0.25, 0.3) is 5.91 Å². The van der Waals surface area contributed by atoms with Crippen molar-refractivity contribution in [3.63, 3.8) is 0 Å². The number of benzene rings is 3. The van der Waals surface area contributed by atoms with Gasteiger partial charge < -0.3 is 15.1 Å². The highest BCUT2D eigenvalue weighted by Crippen LogP contribution is 2.41. The molecule has 1 aliphatic heterocycles. The number of hydrogen-bond donors (Lipinski definition) is 3. The zero-order valence-corrected chi connectivity index (χ0v) is 19.1. The summed E-state index contributed by atoms with van der Waals surface area (Å²) < 4.78 is 39.3. The lowest BCUT2D eigenvalue weighted by molar-refractivity contribution is -1.02. The second-order valence-corrected chi connectivity index (χ2v) is 9.34. The molecule has 5 rings (SSSR count). The van der Waals surface area contributed by atoms with Gasteiger partial charge in [0, 0.05) is 16.8 Å². The summed E-state index contributed by atoms with van der Waals surface area (Å²) in [7, 11) is 0. The monoisotopic (exact) mass is 487 g/mol. The quantitative estimate of drug-likeness (QED) is 0.520. The third-order valence-electron chi connectivity index (χ3n) is 6.81. The van der Waals surface area contributed by atoms with E-state index in [0.717, 1.165) is 43.2 Å². The molecule has 3 N–H and O–H groups in total. The summed E-state index contributed by atoms with van der Waals surface area (Å²) in [5.41, 5.74) is 4.45. The number of quaternary nitrogens is 2. The molecule has 34 heavy (non-hydrogen) atoms. The van der Waals surface area contributed by atoms with Crippen molar-refractivity contribution < 1.29 is 27.8 Å². The van der Waals surface area contributed by atoms with E-state index in [2.05, 4.69) is 53.8 Å². The van der Waals surface area contributed by atoms with Gasteiger partial charge in [-0.05, 0) is 29.3 Å². The summed E-state index contributed by atoms with van der Waals surface area (Å²) in [6, 6.07) is 20.8. The maximum atomic E-state index is 13.1. The average Bonchev–Trinajstić information content (AvgIpc) is 3.15. The molecule has 0 saturated carbocycles. The largest absolute Gasteiger partial charge is 0.417 e. The van der Waals surface area contributed by atoms with Crippen LogP contribution in [0.1, 0.15) is 22.7 Å². The second kappa shape index (κ2) is 9.06. The highest BCUT2D eigenvalue weighted by Gasteiger charge is 2.39. The van der Waals surface area contributed by atoms with E-state index in [0.29, 0.717) is 0 Å². The van der Waals surface area contributed by atoms with E-state index in [1.165, 1.54) is 33.2 Å². The van der Waals surface area contributed by atoms with E-state index in [1.54, 1.807) is 0 Å². The predicted molar refractivity (Wildman–Crippen MR) is 125 cm³/mol. The van der Waals surface area contributed by atoms with Crippen molar-refractivity contribution in [3.05, 3.63) is 88.4 Å². The summed E-state index contributed by atoms with van der Waals surface area (Å²) in [5.74, 6) is -0.301. The van der Waals surface area contributed by atoms with Crippen LogP contribution >= 0.6 is 11.6 Å². The number of nitrogens with one attached hydrogen (secondary N) is 3. The number of fused-ring (bicyclic) bond motifs is 3. The van der Waals surface area contributed by atoms with Crippen LogP contribution in [0, 0.1) is 0 Å². The highest BCUT2D eigenvalue weighted by atomic mass is 35.5. The van der Waals surface area contributed by atoms with Gasteiger partial charge in [-0.25, -0.2) is 0 Å². The number of rotatable bonds is 4. The lowest BCUT2D eigenvalue weighted by atomic mass is 10.0. The first-order chi connectivity index (χ1) is 16.3. The van der Waals surface area contributed by atoms with E-state index < -0.39 is 11.7 Å². The van der Waals surface area contributed by atoms with Crippen molar-refractivity contribution in [1.29, 1.82) is 0 Å². The Morgan fingerprint density at radius 1 is 0.912 bits per heavy atom. The Morgan fingerprint density at radius 2 is 1.50 bits per heavy atom. The first kappa shape index (κ1) is 22.9. The molecule has 0 aromatic heterocycles. The van der Waals surface area contributed by atoms with Gasteiger partial charge in [0.15, 0.2) is 6.54 Å². The van der Waals surface area contributed by atoms with Crippen molar-refractivity contribution in [2.75, 3.05) is 38.0 Å².